The zero-order valence-electron chi connectivity index (χ0n) is 12.2. The fourth-order valence-electron chi connectivity index (χ4n) is 2.92. The van der Waals surface area contributed by atoms with Gasteiger partial charge in [-0.1, -0.05) is 31.0 Å². The maximum atomic E-state index is 11.9. The lowest BCUT2D eigenvalue weighted by Gasteiger charge is -2.08. The molecule has 110 valence electrons. The number of carbonyl (C=O) groups is 1. The quantitative estimate of drug-likeness (QED) is 0.916. The number of amides is 1. The van der Waals surface area contributed by atoms with Gasteiger partial charge >= 0.3 is 0 Å². The number of carbonyl (C=O) groups excluding carboxylic acids is 1. The van der Waals surface area contributed by atoms with Crippen molar-refractivity contribution >= 4 is 5.91 Å². The van der Waals surface area contributed by atoms with Crippen molar-refractivity contribution in [3.05, 3.63) is 48.3 Å². The summed E-state index contributed by atoms with van der Waals surface area (Å²) in [6.45, 7) is 0.554. The number of benzene rings is 1. The van der Waals surface area contributed by atoms with E-state index < -0.39 is 0 Å². The molecular weight excluding hydrogens is 262 g/mol. The van der Waals surface area contributed by atoms with Gasteiger partial charge in [-0.25, -0.2) is 4.68 Å². The molecule has 1 aromatic heterocycles. The predicted octanol–water partition coefficient (Wildman–Crippen LogP) is 3.07. The number of nitrogens with one attached hydrogen (secondary N) is 1. The van der Waals surface area contributed by atoms with Crippen LogP contribution in [-0.4, -0.2) is 15.7 Å². The van der Waals surface area contributed by atoms with Crippen molar-refractivity contribution in [2.75, 3.05) is 0 Å². The molecule has 4 nitrogen and oxygen atoms in total. The minimum absolute atomic E-state index is 0.161. The Labute approximate surface area is 125 Å². The van der Waals surface area contributed by atoms with E-state index in [1.165, 1.54) is 25.7 Å². The van der Waals surface area contributed by atoms with Crippen molar-refractivity contribution in [1.82, 2.24) is 15.1 Å². The van der Waals surface area contributed by atoms with Crippen molar-refractivity contribution in [2.24, 2.45) is 5.92 Å². The number of para-hydroxylation sites is 1. The Kier molecular flexibility index (Phi) is 4.34. The highest BCUT2D eigenvalue weighted by Crippen LogP contribution is 2.27. The van der Waals surface area contributed by atoms with E-state index in [0.717, 1.165) is 11.3 Å². The van der Waals surface area contributed by atoms with Gasteiger partial charge in [0.2, 0.25) is 5.91 Å². The highest BCUT2D eigenvalue weighted by atomic mass is 16.1. The van der Waals surface area contributed by atoms with Crippen molar-refractivity contribution in [1.29, 1.82) is 0 Å². The molecule has 1 aliphatic carbocycles. The third-order valence-electron chi connectivity index (χ3n) is 4.10. The van der Waals surface area contributed by atoms with E-state index in [1.54, 1.807) is 0 Å². The molecule has 1 fully saturated rings. The van der Waals surface area contributed by atoms with Crippen LogP contribution in [0.25, 0.3) is 5.69 Å². The van der Waals surface area contributed by atoms with E-state index in [1.807, 2.05) is 47.4 Å². The molecule has 0 atom stereocenters. The normalized spacial score (nSPS) is 15.2. The van der Waals surface area contributed by atoms with E-state index in [0.29, 0.717) is 18.9 Å². The molecule has 2 aromatic rings. The molecule has 0 radical (unpaired) electrons. The predicted molar refractivity (Wildman–Crippen MR) is 82.0 cm³/mol. The number of rotatable bonds is 5. The van der Waals surface area contributed by atoms with Crippen molar-refractivity contribution in [3.63, 3.8) is 0 Å². The Morgan fingerprint density at radius 2 is 2.00 bits per heavy atom. The largest absolute Gasteiger partial charge is 0.352 e. The van der Waals surface area contributed by atoms with Crippen LogP contribution in [0, 0.1) is 5.92 Å². The first kappa shape index (κ1) is 13.9. The molecule has 1 amide bonds. The molecule has 21 heavy (non-hydrogen) atoms. The number of hydrogen-bond acceptors (Lipinski definition) is 2. The van der Waals surface area contributed by atoms with Crippen molar-refractivity contribution in [3.8, 4) is 5.69 Å². The third-order valence-corrected chi connectivity index (χ3v) is 4.10. The molecule has 1 saturated carbocycles. The summed E-state index contributed by atoms with van der Waals surface area (Å²) < 4.78 is 1.83. The second-order valence-corrected chi connectivity index (χ2v) is 5.76. The van der Waals surface area contributed by atoms with Gasteiger partial charge in [-0.15, -0.1) is 0 Å². The standard InChI is InChI=1S/C17H21N3O/c21-17(10-14-6-4-5-7-14)18-11-15-12-19-20(13-15)16-8-2-1-3-9-16/h1-3,8-9,12-14H,4-7,10-11H2,(H,18,21). The zero-order valence-corrected chi connectivity index (χ0v) is 12.2. The number of hydrogen-bond donors (Lipinski definition) is 1. The molecule has 1 aromatic carbocycles. The lowest BCUT2D eigenvalue weighted by Crippen LogP contribution is -2.24. The molecule has 1 N–H and O–H groups in total. The van der Waals surface area contributed by atoms with Gasteiger partial charge in [0.05, 0.1) is 11.9 Å². The van der Waals surface area contributed by atoms with Crippen molar-refractivity contribution in [2.45, 2.75) is 38.6 Å². The van der Waals surface area contributed by atoms with Crippen LogP contribution < -0.4 is 5.32 Å². The van der Waals surface area contributed by atoms with Crippen LogP contribution in [0.5, 0.6) is 0 Å². The fourth-order valence-corrected chi connectivity index (χ4v) is 2.92. The van der Waals surface area contributed by atoms with Gasteiger partial charge in [-0.05, 0) is 30.9 Å². The second kappa shape index (κ2) is 6.57. The Morgan fingerprint density at radius 3 is 2.76 bits per heavy atom. The van der Waals surface area contributed by atoms with Gasteiger partial charge in [0.25, 0.3) is 0 Å². The molecule has 0 aliphatic heterocycles. The molecule has 1 aliphatic rings. The summed E-state index contributed by atoms with van der Waals surface area (Å²) in [5.41, 5.74) is 2.06. The van der Waals surface area contributed by atoms with E-state index in [2.05, 4.69) is 10.4 Å². The smallest absolute Gasteiger partial charge is 0.220 e. The summed E-state index contributed by atoms with van der Waals surface area (Å²) >= 11 is 0. The average molecular weight is 283 g/mol. The molecule has 0 spiro atoms. The fraction of sp³-hybridized carbons (Fsp3) is 0.412. The zero-order chi connectivity index (χ0) is 14.5. The Morgan fingerprint density at radius 1 is 1.24 bits per heavy atom. The van der Waals surface area contributed by atoms with Crippen LogP contribution in [0.15, 0.2) is 42.7 Å². The first-order valence-corrected chi connectivity index (χ1v) is 7.67. The molecule has 1 heterocycles. The van der Waals surface area contributed by atoms with E-state index in [9.17, 15) is 4.79 Å². The second-order valence-electron chi connectivity index (χ2n) is 5.76. The number of nitrogens with zero attached hydrogens (tertiary/aromatic N) is 2. The minimum atomic E-state index is 0.161. The molecule has 4 heteroatoms. The van der Waals surface area contributed by atoms with Crippen LogP contribution in [0.3, 0.4) is 0 Å². The van der Waals surface area contributed by atoms with Gasteiger partial charge in [0.15, 0.2) is 0 Å². The van der Waals surface area contributed by atoms with Gasteiger partial charge in [-0.3, -0.25) is 4.79 Å². The summed E-state index contributed by atoms with van der Waals surface area (Å²) in [6.07, 6.45) is 9.42. The van der Waals surface area contributed by atoms with Gasteiger partial charge in [-0.2, -0.15) is 5.10 Å². The minimum Gasteiger partial charge on any atom is -0.352 e. The summed E-state index contributed by atoms with van der Waals surface area (Å²) in [6, 6.07) is 9.97. The van der Waals surface area contributed by atoms with Crippen molar-refractivity contribution < 1.29 is 4.79 Å². The van der Waals surface area contributed by atoms with Crippen LogP contribution in [-0.2, 0) is 11.3 Å². The Hall–Kier alpha value is -2.10. The maximum absolute atomic E-state index is 11.9. The first-order chi connectivity index (χ1) is 10.3. The average Bonchev–Trinajstić information content (AvgIpc) is 3.17. The third kappa shape index (κ3) is 3.72. The molecule has 3 rings (SSSR count). The molecule has 0 saturated heterocycles. The van der Waals surface area contributed by atoms with Crippen LogP contribution >= 0.6 is 0 Å². The SMILES string of the molecule is O=C(CC1CCCC1)NCc1cnn(-c2ccccc2)c1. The van der Waals surface area contributed by atoms with Crippen LogP contribution in [0.1, 0.15) is 37.7 Å². The maximum Gasteiger partial charge on any atom is 0.220 e. The summed E-state index contributed by atoms with van der Waals surface area (Å²) in [7, 11) is 0. The van der Waals surface area contributed by atoms with Crippen LogP contribution in [0.4, 0.5) is 0 Å². The molecule has 0 bridgehead atoms. The van der Waals surface area contributed by atoms with Gasteiger partial charge in [0.1, 0.15) is 0 Å². The summed E-state index contributed by atoms with van der Waals surface area (Å²) in [5.74, 6) is 0.756. The number of aromatic nitrogens is 2. The summed E-state index contributed by atoms with van der Waals surface area (Å²) in [4.78, 5) is 11.9. The van der Waals surface area contributed by atoms with E-state index in [-0.39, 0.29) is 5.91 Å². The van der Waals surface area contributed by atoms with Gasteiger partial charge < -0.3 is 5.32 Å². The first-order valence-electron chi connectivity index (χ1n) is 7.67. The lowest BCUT2D eigenvalue weighted by molar-refractivity contribution is -0.122. The van der Waals surface area contributed by atoms with E-state index >= 15 is 0 Å². The monoisotopic (exact) mass is 283 g/mol. The highest BCUT2D eigenvalue weighted by molar-refractivity contribution is 5.76. The summed E-state index contributed by atoms with van der Waals surface area (Å²) in [5, 5.41) is 7.33. The topological polar surface area (TPSA) is 46.9 Å². The molecular formula is C17H21N3O. The lowest BCUT2D eigenvalue weighted by atomic mass is 10.0. The molecule has 0 unspecified atom stereocenters. The van der Waals surface area contributed by atoms with Crippen LogP contribution in [0.2, 0.25) is 0 Å². The van der Waals surface area contributed by atoms with E-state index in [4.69, 9.17) is 0 Å². The highest BCUT2D eigenvalue weighted by Gasteiger charge is 2.18. The Balaban J connectivity index is 1.51. The van der Waals surface area contributed by atoms with Gasteiger partial charge in [0, 0.05) is 24.7 Å². The Bertz CT molecular complexity index is 585.